The van der Waals surface area contributed by atoms with Gasteiger partial charge in [-0.2, -0.15) is 0 Å². The van der Waals surface area contributed by atoms with E-state index >= 15 is 0 Å². The Labute approximate surface area is 97.1 Å². The molecule has 0 spiro atoms. The van der Waals surface area contributed by atoms with E-state index in [0.717, 1.165) is 0 Å². The van der Waals surface area contributed by atoms with E-state index < -0.39 is 11.5 Å². The largest absolute Gasteiger partial charge is 0.381 e. The van der Waals surface area contributed by atoms with Gasteiger partial charge in [0, 0.05) is 0 Å². The van der Waals surface area contributed by atoms with E-state index in [4.69, 9.17) is 5.73 Å². The highest BCUT2D eigenvalue weighted by atomic mass is 79.9. The molecular weight excluding hydrogens is 318 g/mol. The van der Waals surface area contributed by atoms with Crippen molar-refractivity contribution in [1.82, 2.24) is 0 Å². The first kappa shape index (κ1) is 11.6. The zero-order valence-electron chi connectivity index (χ0n) is 6.96. The lowest BCUT2D eigenvalue weighted by Gasteiger charge is -2.23. The molecule has 0 aromatic rings. The van der Waals surface area contributed by atoms with E-state index in [2.05, 4.69) is 31.9 Å². The van der Waals surface area contributed by atoms with Gasteiger partial charge >= 0.3 is 0 Å². The van der Waals surface area contributed by atoms with Crippen LogP contribution in [0, 0.1) is 0 Å². The van der Waals surface area contributed by atoms with E-state index in [1.165, 1.54) is 12.2 Å². The quantitative estimate of drug-likeness (QED) is 0.786. The number of aliphatic hydroxyl groups is 1. The number of carbonyl (C=O) groups excluding carboxylic acids is 2. The molecule has 0 saturated carbocycles. The van der Waals surface area contributed by atoms with E-state index in [1.54, 1.807) is 0 Å². The van der Waals surface area contributed by atoms with Crippen molar-refractivity contribution in [2.75, 3.05) is 0 Å². The monoisotopic (exact) mass is 323 g/mol. The second-order valence-electron chi connectivity index (χ2n) is 2.95. The van der Waals surface area contributed by atoms with Gasteiger partial charge in [-0.05, 0) is 44.0 Å². The molecule has 0 aliphatic heterocycles. The Bertz CT molecular complexity index is 338. The van der Waals surface area contributed by atoms with Gasteiger partial charge in [0.25, 0.3) is 0 Å². The van der Waals surface area contributed by atoms with Gasteiger partial charge in [-0.25, -0.2) is 0 Å². The van der Waals surface area contributed by atoms with Crippen molar-refractivity contribution in [3.05, 3.63) is 21.1 Å². The second kappa shape index (κ2) is 3.96. The molecule has 1 aliphatic rings. The van der Waals surface area contributed by atoms with Crippen molar-refractivity contribution in [2.45, 2.75) is 12.0 Å². The SMILES string of the molecule is NC(=O)CC1(O)C=C(Br)C(=O)C(Br)=C1. The number of allylic oxidation sites excluding steroid dienone is 2. The van der Waals surface area contributed by atoms with Crippen LogP contribution in [0.5, 0.6) is 0 Å². The molecule has 4 nitrogen and oxygen atoms in total. The van der Waals surface area contributed by atoms with E-state index in [0.29, 0.717) is 0 Å². The molecule has 3 N–H and O–H groups in total. The summed E-state index contributed by atoms with van der Waals surface area (Å²) in [6.45, 7) is 0. The fourth-order valence-electron chi connectivity index (χ4n) is 1.11. The molecule has 1 amide bonds. The minimum Gasteiger partial charge on any atom is -0.381 e. The van der Waals surface area contributed by atoms with Crippen LogP contribution >= 0.6 is 31.9 Å². The van der Waals surface area contributed by atoms with Crippen molar-refractivity contribution < 1.29 is 14.7 Å². The summed E-state index contributed by atoms with van der Waals surface area (Å²) < 4.78 is 0.409. The fourth-order valence-corrected chi connectivity index (χ4v) is 2.59. The molecule has 0 aromatic heterocycles. The average molecular weight is 325 g/mol. The smallest absolute Gasteiger partial charge is 0.220 e. The summed E-state index contributed by atoms with van der Waals surface area (Å²) in [6, 6.07) is 0. The van der Waals surface area contributed by atoms with Crippen LogP contribution in [0.4, 0.5) is 0 Å². The van der Waals surface area contributed by atoms with Crippen LogP contribution < -0.4 is 5.73 Å². The van der Waals surface area contributed by atoms with E-state index in [-0.39, 0.29) is 21.2 Å². The Morgan fingerprint density at radius 1 is 1.43 bits per heavy atom. The summed E-state index contributed by atoms with van der Waals surface area (Å²) in [6.07, 6.45) is 2.25. The Morgan fingerprint density at radius 2 is 1.86 bits per heavy atom. The Morgan fingerprint density at radius 3 is 2.21 bits per heavy atom. The third-order valence-corrected chi connectivity index (χ3v) is 2.82. The van der Waals surface area contributed by atoms with Gasteiger partial charge in [-0.3, -0.25) is 9.59 Å². The van der Waals surface area contributed by atoms with Gasteiger partial charge in [0.2, 0.25) is 11.7 Å². The highest BCUT2D eigenvalue weighted by molar-refractivity contribution is 9.13. The number of halogens is 2. The maximum absolute atomic E-state index is 11.2. The normalized spacial score (nSPS) is 20.1. The lowest BCUT2D eigenvalue weighted by atomic mass is 9.94. The summed E-state index contributed by atoms with van der Waals surface area (Å²) in [5, 5.41) is 9.83. The van der Waals surface area contributed by atoms with Gasteiger partial charge in [0.15, 0.2) is 0 Å². The molecule has 0 radical (unpaired) electrons. The first-order valence-corrected chi connectivity index (χ1v) is 5.25. The van der Waals surface area contributed by atoms with Crippen LogP contribution in [0.3, 0.4) is 0 Å². The van der Waals surface area contributed by atoms with Crippen molar-refractivity contribution >= 4 is 43.6 Å². The van der Waals surface area contributed by atoms with Gasteiger partial charge < -0.3 is 10.8 Å². The number of nitrogens with two attached hydrogens (primary N) is 1. The number of hydrogen-bond donors (Lipinski definition) is 2. The maximum Gasteiger partial charge on any atom is 0.220 e. The lowest BCUT2D eigenvalue weighted by molar-refractivity contribution is -0.120. The molecule has 0 atom stereocenters. The minimum absolute atomic E-state index is 0.204. The van der Waals surface area contributed by atoms with Crippen molar-refractivity contribution in [2.24, 2.45) is 5.73 Å². The molecule has 0 unspecified atom stereocenters. The molecule has 0 heterocycles. The van der Waals surface area contributed by atoms with E-state index in [9.17, 15) is 14.7 Å². The van der Waals surface area contributed by atoms with Gasteiger partial charge in [-0.1, -0.05) is 0 Å². The van der Waals surface area contributed by atoms with Crippen LogP contribution in [0.25, 0.3) is 0 Å². The zero-order valence-corrected chi connectivity index (χ0v) is 10.1. The average Bonchev–Trinajstić information content (AvgIpc) is 1.97. The van der Waals surface area contributed by atoms with Crippen LogP contribution in [-0.4, -0.2) is 22.4 Å². The molecule has 1 rings (SSSR count). The van der Waals surface area contributed by atoms with Crippen LogP contribution in [0.2, 0.25) is 0 Å². The van der Waals surface area contributed by atoms with Gasteiger partial charge in [0.1, 0.15) is 5.60 Å². The van der Waals surface area contributed by atoms with Crippen molar-refractivity contribution in [3.8, 4) is 0 Å². The molecule has 76 valence electrons. The number of carbonyl (C=O) groups is 2. The molecule has 6 heteroatoms. The van der Waals surface area contributed by atoms with Crippen LogP contribution in [0.15, 0.2) is 21.1 Å². The number of Topliss-reactive ketones (excluding diaryl/α,β-unsaturated/α-hetero) is 1. The Balaban J connectivity index is 3.02. The molecule has 0 bridgehead atoms. The lowest BCUT2D eigenvalue weighted by Crippen LogP contribution is -2.33. The van der Waals surface area contributed by atoms with Crippen molar-refractivity contribution in [3.63, 3.8) is 0 Å². The van der Waals surface area contributed by atoms with E-state index in [1.807, 2.05) is 0 Å². The molecule has 0 aromatic carbocycles. The summed E-state index contributed by atoms with van der Waals surface area (Å²) in [4.78, 5) is 21.9. The predicted molar refractivity (Wildman–Crippen MR) is 57.8 cm³/mol. The predicted octanol–water partition coefficient (Wildman–Crippen LogP) is 0.733. The standard InChI is InChI=1S/C8H7Br2NO3/c9-4-1-8(14,3-6(11)12)2-5(10)7(4)13/h1-2,14H,3H2,(H2,11,12). The van der Waals surface area contributed by atoms with Crippen LogP contribution in [-0.2, 0) is 9.59 Å². The van der Waals surface area contributed by atoms with Crippen molar-refractivity contribution in [1.29, 1.82) is 0 Å². The van der Waals surface area contributed by atoms with Gasteiger partial charge in [0.05, 0.1) is 15.4 Å². The summed E-state index contributed by atoms with van der Waals surface area (Å²) >= 11 is 5.98. The first-order chi connectivity index (χ1) is 6.34. The van der Waals surface area contributed by atoms with Crippen LogP contribution in [0.1, 0.15) is 6.42 Å². The summed E-state index contributed by atoms with van der Waals surface area (Å²) in [5.74, 6) is -0.922. The third-order valence-electron chi connectivity index (χ3n) is 1.64. The molecular formula is C8H7Br2NO3. The van der Waals surface area contributed by atoms with Gasteiger partial charge in [-0.15, -0.1) is 0 Å². The maximum atomic E-state index is 11.2. The fraction of sp³-hybridized carbons (Fsp3) is 0.250. The summed E-state index contributed by atoms with van der Waals surface area (Å²) in [5.41, 5.74) is 3.47. The Hall–Kier alpha value is -0.460. The number of rotatable bonds is 2. The number of hydrogen-bond acceptors (Lipinski definition) is 3. The molecule has 1 aliphatic carbocycles. The molecule has 14 heavy (non-hydrogen) atoms. The first-order valence-electron chi connectivity index (χ1n) is 3.66. The topological polar surface area (TPSA) is 80.4 Å². The summed E-state index contributed by atoms with van der Waals surface area (Å²) in [7, 11) is 0. The molecule has 0 saturated heterocycles. The number of amides is 1. The third kappa shape index (κ3) is 2.52. The second-order valence-corrected chi connectivity index (χ2v) is 4.66. The highest BCUT2D eigenvalue weighted by Gasteiger charge is 2.31. The highest BCUT2D eigenvalue weighted by Crippen LogP contribution is 2.30. The zero-order chi connectivity index (χ0) is 10.9. The number of primary amides is 1. The minimum atomic E-state index is -1.49. The molecule has 0 fully saturated rings. The number of ketones is 1. The Kier molecular flexibility index (Phi) is 3.28.